The Morgan fingerprint density at radius 2 is 1.53 bits per heavy atom. The van der Waals surface area contributed by atoms with E-state index in [2.05, 4.69) is 25.9 Å². The van der Waals surface area contributed by atoms with Crippen molar-refractivity contribution in [2.45, 2.75) is 0 Å². The van der Waals surface area contributed by atoms with Gasteiger partial charge in [-0.2, -0.15) is 4.98 Å². The number of rotatable bonds is 7. The molecule has 8 nitrogen and oxygen atoms in total. The number of aromatic carboxylic acids is 1. The summed E-state index contributed by atoms with van der Waals surface area (Å²) < 4.78 is 28.0. The maximum Gasteiger partial charge on any atom is 0.335 e. The van der Waals surface area contributed by atoms with Crippen LogP contribution in [-0.4, -0.2) is 27.0 Å². The normalized spacial score (nSPS) is 10.4. The standard InChI is InChI=1S/C24H17F2N5O3/c25-19-7-2-1-6-18(19)22(32)29-16-10-8-15(9-11-16)28-21-20(26)13-27-24(31-21)30-17-5-3-4-14(12-17)23(33)34/h1-13H,(H,29,32)(H,33,34)(H2,27,28,30,31). The molecule has 34 heavy (non-hydrogen) atoms. The van der Waals surface area contributed by atoms with Crippen LogP contribution in [0.25, 0.3) is 0 Å². The van der Waals surface area contributed by atoms with Crippen LogP contribution in [0.4, 0.5) is 37.6 Å². The summed E-state index contributed by atoms with van der Waals surface area (Å²) in [6.45, 7) is 0. The first-order valence-electron chi connectivity index (χ1n) is 9.95. The lowest BCUT2D eigenvalue weighted by Gasteiger charge is -2.11. The first-order chi connectivity index (χ1) is 16.4. The first kappa shape index (κ1) is 22.3. The van der Waals surface area contributed by atoms with Crippen molar-refractivity contribution in [3.05, 3.63) is 102 Å². The Labute approximate surface area is 192 Å². The molecule has 0 saturated heterocycles. The van der Waals surface area contributed by atoms with Gasteiger partial charge < -0.3 is 21.1 Å². The van der Waals surface area contributed by atoms with Gasteiger partial charge >= 0.3 is 5.97 Å². The number of aromatic nitrogens is 2. The van der Waals surface area contributed by atoms with Crippen LogP contribution in [0.15, 0.2) is 79.0 Å². The molecule has 0 aliphatic carbocycles. The Balaban J connectivity index is 1.45. The van der Waals surface area contributed by atoms with E-state index in [-0.39, 0.29) is 22.9 Å². The van der Waals surface area contributed by atoms with Gasteiger partial charge in [-0.15, -0.1) is 0 Å². The average molecular weight is 461 g/mol. The van der Waals surface area contributed by atoms with Gasteiger partial charge in [0.15, 0.2) is 11.6 Å². The van der Waals surface area contributed by atoms with Gasteiger partial charge in [-0.1, -0.05) is 18.2 Å². The molecule has 0 saturated carbocycles. The van der Waals surface area contributed by atoms with E-state index in [9.17, 15) is 18.4 Å². The van der Waals surface area contributed by atoms with Gasteiger partial charge in [-0.05, 0) is 54.6 Å². The summed E-state index contributed by atoms with van der Waals surface area (Å²) in [5, 5.41) is 17.3. The zero-order chi connectivity index (χ0) is 24.1. The number of nitrogens with one attached hydrogen (secondary N) is 3. The fourth-order valence-electron chi connectivity index (χ4n) is 2.99. The number of benzene rings is 3. The predicted octanol–water partition coefficient (Wildman–Crippen LogP) is 5.19. The Bertz CT molecular complexity index is 1360. The summed E-state index contributed by atoms with van der Waals surface area (Å²) in [6, 6.07) is 18.0. The van der Waals surface area contributed by atoms with Crippen LogP contribution in [0.3, 0.4) is 0 Å². The lowest BCUT2D eigenvalue weighted by atomic mass is 10.2. The van der Waals surface area contributed by atoms with Gasteiger partial charge in [0.25, 0.3) is 5.91 Å². The number of nitrogens with zero attached hydrogens (tertiary/aromatic N) is 2. The van der Waals surface area contributed by atoms with Crippen LogP contribution in [-0.2, 0) is 0 Å². The van der Waals surface area contributed by atoms with E-state index in [0.29, 0.717) is 17.1 Å². The average Bonchev–Trinajstić information content (AvgIpc) is 2.83. The van der Waals surface area contributed by atoms with Crippen LogP contribution in [0.1, 0.15) is 20.7 Å². The zero-order valence-corrected chi connectivity index (χ0v) is 17.4. The SMILES string of the molecule is O=C(O)c1cccc(Nc2ncc(F)c(Nc3ccc(NC(=O)c4ccccc4F)cc3)n2)c1. The van der Waals surface area contributed by atoms with Gasteiger partial charge in [0.05, 0.1) is 17.3 Å². The van der Waals surface area contributed by atoms with E-state index in [1.165, 1.54) is 30.3 Å². The fourth-order valence-corrected chi connectivity index (χ4v) is 2.99. The minimum Gasteiger partial charge on any atom is -0.478 e. The second-order valence-electron chi connectivity index (χ2n) is 7.04. The molecule has 0 aliphatic rings. The molecule has 0 fully saturated rings. The van der Waals surface area contributed by atoms with Crippen molar-refractivity contribution >= 4 is 40.7 Å². The van der Waals surface area contributed by atoms with E-state index < -0.39 is 23.5 Å². The van der Waals surface area contributed by atoms with Crippen molar-refractivity contribution in [1.29, 1.82) is 0 Å². The molecule has 1 heterocycles. The maximum absolute atomic E-state index is 14.3. The largest absolute Gasteiger partial charge is 0.478 e. The molecule has 3 aromatic carbocycles. The highest BCUT2D eigenvalue weighted by molar-refractivity contribution is 6.04. The number of hydrogen-bond acceptors (Lipinski definition) is 6. The fraction of sp³-hybridized carbons (Fsp3) is 0. The summed E-state index contributed by atoms with van der Waals surface area (Å²) in [5.74, 6) is -3.07. The van der Waals surface area contributed by atoms with Gasteiger partial charge in [0, 0.05) is 17.1 Å². The number of amides is 1. The van der Waals surface area contributed by atoms with Gasteiger partial charge in [0.2, 0.25) is 5.95 Å². The predicted molar refractivity (Wildman–Crippen MR) is 123 cm³/mol. The van der Waals surface area contributed by atoms with Crippen LogP contribution in [0, 0.1) is 11.6 Å². The molecule has 0 spiro atoms. The molecular formula is C24H17F2N5O3. The minimum atomic E-state index is -1.08. The third kappa shape index (κ3) is 5.30. The summed E-state index contributed by atoms with van der Waals surface area (Å²) in [7, 11) is 0. The molecule has 4 rings (SSSR count). The summed E-state index contributed by atoms with van der Waals surface area (Å²) in [4.78, 5) is 31.3. The lowest BCUT2D eigenvalue weighted by molar-refractivity contribution is 0.0696. The lowest BCUT2D eigenvalue weighted by Crippen LogP contribution is -2.13. The van der Waals surface area contributed by atoms with Crippen LogP contribution >= 0.6 is 0 Å². The van der Waals surface area contributed by atoms with Crippen molar-refractivity contribution in [2.75, 3.05) is 16.0 Å². The quantitative estimate of drug-likeness (QED) is 0.299. The van der Waals surface area contributed by atoms with Crippen molar-refractivity contribution in [3.63, 3.8) is 0 Å². The van der Waals surface area contributed by atoms with Crippen LogP contribution in [0.2, 0.25) is 0 Å². The molecule has 0 unspecified atom stereocenters. The minimum absolute atomic E-state index is 0.0558. The molecule has 1 amide bonds. The molecule has 0 atom stereocenters. The molecular weight excluding hydrogens is 444 g/mol. The number of carboxylic acids is 1. The molecule has 1 aromatic heterocycles. The highest BCUT2D eigenvalue weighted by atomic mass is 19.1. The third-order valence-corrected chi connectivity index (χ3v) is 4.63. The molecule has 4 aromatic rings. The topological polar surface area (TPSA) is 116 Å². The summed E-state index contributed by atoms with van der Waals surface area (Å²) in [6.07, 6.45) is 0.974. The van der Waals surface area contributed by atoms with Crippen molar-refractivity contribution in [3.8, 4) is 0 Å². The highest BCUT2D eigenvalue weighted by Crippen LogP contribution is 2.22. The molecule has 170 valence electrons. The van der Waals surface area contributed by atoms with Gasteiger partial charge in [0.1, 0.15) is 5.82 Å². The van der Waals surface area contributed by atoms with Gasteiger partial charge in [-0.3, -0.25) is 4.79 Å². The molecule has 4 N–H and O–H groups in total. The van der Waals surface area contributed by atoms with E-state index in [4.69, 9.17) is 5.11 Å². The number of halogens is 2. The van der Waals surface area contributed by atoms with Crippen LogP contribution < -0.4 is 16.0 Å². The molecule has 0 bridgehead atoms. The summed E-state index contributed by atoms with van der Waals surface area (Å²) in [5.41, 5.74) is 1.31. The first-order valence-corrected chi connectivity index (χ1v) is 9.95. The maximum atomic E-state index is 14.3. The van der Waals surface area contributed by atoms with Crippen molar-refractivity contribution in [2.24, 2.45) is 0 Å². The smallest absolute Gasteiger partial charge is 0.335 e. The Morgan fingerprint density at radius 1 is 0.794 bits per heavy atom. The Kier molecular flexibility index (Phi) is 6.40. The monoisotopic (exact) mass is 461 g/mol. The molecule has 0 aliphatic heterocycles. The molecule has 0 radical (unpaired) electrons. The molecule has 10 heteroatoms. The van der Waals surface area contributed by atoms with Gasteiger partial charge in [-0.25, -0.2) is 18.6 Å². The highest BCUT2D eigenvalue weighted by Gasteiger charge is 2.12. The van der Waals surface area contributed by atoms with E-state index >= 15 is 0 Å². The van der Waals surface area contributed by atoms with E-state index in [1.807, 2.05) is 0 Å². The second kappa shape index (κ2) is 9.74. The van der Waals surface area contributed by atoms with Crippen molar-refractivity contribution < 1.29 is 23.5 Å². The number of carboxylic acid groups (broad SMARTS) is 1. The number of anilines is 5. The second-order valence-corrected chi connectivity index (χ2v) is 7.04. The third-order valence-electron chi connectivity index (χ3n) is 4.63. The zero-order valence-electron chi connectivity index (χ0n) is 17.4. The summed E-state index contributed by atoms with van der Waals surface area (Å²) >= 11 is 0. The van der Waals surface area contributed by atoms with E-state index in [1.54, 1.807) is 42.5 Å². The van der Waals surface area contributed by atoms with Crippen LogP contribution in [0.5, 0.6) is 0 Å². The number of carbonyl (C=O) groups is 2. The van der Waals surface area contributed by atoms with Crippen molar-refractivity contribution in [1.82, 2.24) is 9.97 Å². The Morgan fingerprint density at radius 3 is 2.26 bits per heavy atom. The Hall–Kier alpha value is -4.86. The number of hydrogen-bond donors (Lipinski definition) is 4. The van der Waals surface area contributed by atoms with E-state index in [0.717, 1.165) is 6.20 Å². The number of carbonyl (C=O) groups excluding carboxylic acids is 1.